The summed E-state index contributed by atoms with van der Waals surface area (Å²) in [6.07, 6.45) is 0.0229. The van der Waals surface area contributed by atoms with Crippen molar-refractivity contribution in [2.24, 2.45) is 5.92 Å². The molecule has 1 saturated heterocycles. The molecule has 1 N–H and O–H groups in total. The number of hydrogen-bond donors (Lipinski definition) is 1. The standard InChI is InChI=1S/C11H15BrN2O5/c1-7(6-12)11(18)13-5-4-10(17)19-14-8(15)2-3-9(14)16/h7H,2-6H2,1H3,(H,13,18)/t7-/m1/s1. The van der Waals surface area contributed by atoms with E-state index in [-0.39, 0.29) is 37.6 Å². The Morgan fingerprint density at radius 1 is 1.37 bits per heavy atom. The second-order valence-electron chi connectivity index (χ2n) is 4.14. The number of hydrogen-bond acceptors (Lipinski definition) is 5. The largest absolute Gasteiger partial charge is 0.355 e. The van der Waals surface area contributed by atoms with Gasteiger partial charge in [0.25, 0.3) is 11.8 Å². The minimum Gasteiger partial charge on any atom is -0.355 e. The lowest BCUT2D eigenvalue weighted by atomic mass is 10.2. The minimum atomic E-state index is -0.726. The number of carbonyl (C=O) groups excluding carboxylic acids is 4. The average molecular weight is 335 g/mol. The Hall–Kier alpha value is -1.44. The number of nitrogens with one attached hydrogen (secondary N) is 1. The summed E-state index contributed by atoms with van der Waals surface area (Å²) in [5.74, 6) is -2.14. The highest BCUT2D eigenvalue weighted by molar-refractivity contribution is 9.09. The van der Waals surface area contributed by atoms with Crippen molar-refractivity contribution in [3.05, 3.63) is 0 Å². The Kier molecular flexibility index (Phi) is 5.94. The van der Waals surface area contributed by atoms with Crippen LogP contribution in [0.15, 0.2) is 0 Å². The minimum absolute atomic E-state index is 0.0611. The molecule has 0 radical (unpaired) electrons. The van der Waals surface area contributed by atoms with E-state index in [2.05, 4.69) is 26.1 Å². The summed E-state index contributed by atoms with van der Waals surface area (Å²) < 4.78 is 0. The van der Waals surface area contributed by atoms with Gasteiger partial charge in [0.05, 0.1) is 6.42 Å². The van der Waals surface area contributed by atoms with Crippen LogP contribution in [0.2, 0.25) is 0 Å². The van der Waals surface area contributed by atoms with E-state index in [0.717, 1.165) is 0 Å². The Bertz CT molecular complexity index is 383. The van der Waals surface area contributed by atoms with Gasteiger partial charge in [0.1, 0.15) is 0 Å². The van der Waals surface area contributed by atoms with Crippen molar-refractivity contribution in [3.8, 4) is 0 Å². The second-order valence-corrected chi connectivity index (χ2v) is 4.79. The van der Waals surface area contributed by atoms with Gasteiger partial charge in [-0.3, -0.25) is 14.4 Å². The molecule has 3 amide bonds. The summed E-state index contributed by atoms with van der Waals surface area (Å²) in [6.45, 7) is 1.84. The summed E-state index contributed by atoms with van der Waals surface area (Å²) in [4.78, 5) is 49.8. The first-order valence-electron chi connectivity index (χ1n) is 5.86. The van der Waals surface area contributed by atoms with Crippen molar-refractivity contribution in [1.82, 2.24) is 10.4 Å². The maximum Gasteiger partial charge on any atom is 0.334 e. The number of rotatable bonds is 6. The SMILES string of the molecule is C[C@H](CBr)C(=O)NCCC(=O)ON1C(=O)CCC1=O. The van der Waals surface area contributed by atoms with Gasteiger partial charge in [-0.2, -0.15) is 0 Å². The molecule has 7 nitrogen and oxygen atoms in total. The zero-order valence-electron chi connectivity index (χ0n) is 10.5. The lowest BCUT2D eigenvalue weighted by Gasteiger charge is -2.13. The van der Waals surface area contributed by atoms with Crippen LogP contribution < -0.4 is 5.32 Å². The summed E-state index contributed by atoms with van der Waals surface area (Å²) in [5.41, 5.74) is 0. The quantitative estimate of drug-likeness (QED) is 0.550. The number of hydroxylamine groups is 2. The fourth-order valence-electron chi connectivity index (χ4n) is 1.34. The van der Waals surface area contributed by atoms with Crippen LogP contribution in [0.25, 0.3) is 0 Å². The molecule has 0 spiro atoms. The molecule has 1 rings (SSSR count). The molecule has 0 unspecified atom stereocenters. The molecule has 0 bridgehead atoms. The maximum absolute atomic E-state index is 11.4. The van der Waals surface area contributed by atoms with Gasteiger partial charge in [0, 0.05) is 30.6 Å². The van der Waals surface area contributed by atoms with Crippen LogP contribution in [-0.2, 0) is 24.0 Å². The van der Waals surface area contributed by atoms with Gasteiger partial charge in [-0.15, -0.1) is 5.06 Å². The van der Waals surface area contributed by atoms with Crippen molar-refractivity contribution in [2.75, 3.05) is 11.9 Å². The van der Waals surface area contributed by atoms with Crippen molar-refractivity contribution < 1.29 is 24.0 Å². The van der Waals surface area contributed by atoms with Crippen LogP contribution in [0.1, 0.15) is 26.2 Å². The number of alkyl halides is 1. The molecule has 1 atom stereocenters. The van der Waals surface area contributed by atoms with E-state index in [0.29, 0.717) is 10.4 Å². The van der Waals surface area contributed by atoms with E-state index < -0.39 is 17.8 Å². The third kappa shape index (κ3) is 4.62. The Morgan fingerprint density at radius 2 is 1.95 bits per heavy atom. The number of imide groups is 1. The third-order valence-corrected chi connectivity index (χ3v) is 3.48. The zero-order chi connectivity index (χ0) is 14.4. The van der Waals surface area contributed by atoms with Crippen LogP contribution in [0, 0.1) is 5.92 Å². The van der Waals surface area contributed by atoms with E-state index >= 15 is 0 Å². The number of nitrogens with zero attached hydrogens (tertiary/aromatic N) is 1. The fraction of sp³-hybridized carbons (Fsp3) is 0.636. The molecule has 8 heteroatoms. The predicted octanol–water partition coefficient (Wildman–Crippen LogP) is 0.131. The smallest absolute Gasteiger partial charge is 0.334 e. The molecule has 1 aliphatic heterocycles. The van der Waals surface area contributed by atoms with E-state index in [1.54, 1.807) is 6.92 Å². The molecule has 1 fully saturated rings. The van der Waals surface area contributed by atoms with E-state index in [1.807, 2.05) is 0 Å². The summed E-state index contributed by atoms with van der Waals surface area (Å²) >= 11 is 3.17. The predicted molar refractivity (Wildman–Crippen MR) is 67.8 cm³/mol. The summed E-state index contributed by atoms with van der Waals surface area (Å²) in [7, 11) is 0. The zero-order valence-corrected chi connectivity index (χ0v) is 12.1. The maximum atomic E-state index is 11.4. The van der Waals surface area contributed by atoms with Crippen LogP contribution in [0.4, 0.5) is 0 Å². The highest BCUT2D eigenvalue weighted by Gasteiger charge is 2.32. The molecule has 0 aromatic rings. The van der Waals surface area contributed by atoms with Crippen LogP contribution in [0.5, 0.6) is 0 Å². The monoisotopic (exact) mass is 334 g/mol. The first-order valence-corrected chi connectivity index (χ1v) is 6.98. The topological polar surface area (TPSA) is 92.8 Å². The molecule has 0 aromatic heterocycles. The van der Waals surface area contributed by atoms with Gasteiger partial charge >= 0.3 is 5.97 Å². The molecule has 106 valence electrons. The third-order valence-electron chi connectivity index (χ3n) is 2.51. The van der Waals surface area contributed by atoms with Gasteiger partial charge in [-0.25, -0.2) is 4.79 Å². The first kappa shape index (κ1) is 15.6. The van der Waals surface area contributed by atoms with E-state index in [4.69, 9.17) is 0 Å². The molecule has 1 aliphatic rings. The Balaban J connectivity index is 2.27. The normalized spacial score (nSPS) is 16.4. The van der Waals surface area contributed by atoms with Gasteiger partial charge in [0.2, 0.25) is 5.91 Å². The van der Waals surface area contributed by atoms with Crippen LogP contribution >= 0.6 is 15.9 Å². The molecular formula is C11H15BrN2O5. The molecule has 1 heterocycles. The Labute approximate surface area is 118 Å². The molecular weight excluding hydrogens is 320 g/mol. The molecule has 0 aliphatic carbocycles. The van der Waals surface area contributed by atoms with Crippen LogP contribution in [0.3, 0.4) is 0 Å². The fourth-order valence-corrected chi connectivity index (χ4v) is 1.63. The highest BCUT2D eigenvalue weighted by Crippen LogP contribution is 2.12. The van der Waals surface area contributed by atoms with Crippen molar-refractivity contribution >= 4 is 39.6 Å². The van der Waals surface area contributed by atoms with E-state index in [9.17, 15) is 19.2 Å². The number of carbonyl (C=O) groups is 4. The number of halogens is 1. The molecule has 19 heavy (non-hydrogen) atoms. The van der Waals surface area contributed by atoms with Crippen molar-refractivity contribution in [2.45, 2.75) is 26.2 Å². The van der Waals surface area contributed by atoms with Crippen molar-refractivity contribution in [1.29, 1.82) is 0 Å². The number of amides is 3. The van der Waals surface area contributed by atoms with Gasteiger partial charge in [0.15, 0.2) is 0 Å². The van der Waals surface area contributed by atoms with Crippen LogP contribution in [-0.4, -0.2) is 40.6 Å². The Morgan fingerprint density at radius 3 is 2.47 bits per heavy atom. The molecule has 0 aromatic carbocycles. The molecule has 0 saturated carbocycles. The van der Waals surface area contributed by atoms with Gasteiger partial charge in [-0.1, -0.05) is 22.9 Å². The lowest BCUT2D eigenvalue weighted by molar-refractivity contribution is -0.197. The second kappa shape index (κ2) is 7.22. The lowest BCUT2D eigenvalue weighted by Crippen LogP contribution is -2.35. The first-order chi connectivity index (χ1) is 8.95. The average Bonchev–Trinajstić information content (AvgIpc) is 2.69. The van der Waals surface area contributed by atoms with Gasteiger partial charge in [-0.05, 0) is 0 Å². The highest BCUT2D eigenvalue weighted by atomic mass is 79.9. The van der Waals surface area contributed by atoms with E-state index in [1.165, 1.54) is 0 Å². The van der Waals surface area contributed by atoms with Crippen molar-refractivity contribution in [3.63, 3.8) is 0 Å². The summed E-state index contributed by atoms with van der Waals surface area (Å²) in [6, 6.07) is 0. The van der Waals surface area contributed by atoms with Gasteiger partial charge < -0.3 is 10.2 Å². The summed E-state index contributed by atoms with van der Waals surface area (Å²) in [5, 5.41) is 3.57.